The number of hydrogen-bond acceptors (Lipinski definition) is 2. The van der Waals surface area contributed by atoms with Gasteiger partial charge < -0.3 is 0 Å². The van der Waals surface area contributed by atoms with Crippen LogP contribution in [-0.2, 0) is 6.42 Å². The molecule has 3 heteroatoms. The highest BCUT2D eigenvalue weighted by molar-refractivity contribution is 5.77. The Morgan fingerprint density at radius 3 is 2.69 bits per heavy atom. The molecule has 1 aromatic carbocycles. The molecule has 0 saturated heterocycles. The van der Waals surface area contributed by atoms with Crippen LogP contribution in [0.1, 0.15) is 29.4 Å². The van der Waals surface area contributed by atoms with Crippen molar-refractivity contribution in [2.45, 2.75) is 19.8 Å². The second-order valence-corrected chi connectivity index (χ2v) is 3.74. The van der Waals surface area contributed by atoms with E-state index in [4.69, 9.17) is 0 Å². The van der Waals surface area contributed by atoms with E-state index in [1.54, 1.807) is 0 Å². The molecule has 0 spiro atoms. The number of H-pyrrole nitrogens is 1. The lowest BCUT2D eigenvalue weighted by atomic mass is 10.0. The maximum absolute atomic E-state index is 10.6. The van der Waals surface area contributed by atoms with Gasteiger partial charge in [0.2, 0.25) is 0 Å². The topological polar surface area (TPSA) is 45.8 Å². The van der Waals surface area contributed by atoms with Crippen LogP contribution in [0.5, 0.6) is 0 Å². The molecule has 0 aliphatic carbocycles. The summed E-state index contributed by atoms with van der Waals surface area (Å²) in [6.45, 7) is 2.13. The average Bonchev–Trinajstić information content (AvgIpc) is 2.78. The normalized spacial score (nSPS) is 10.3. The van der Waals surface area contributed by atoms with Crippen molar-refractivity contribution in [3.05, 3.63) is 41.7 Å². The molecule has 16 heavy (non-hydrogen) atoms. The van der Waals surface area contributed by atoms with Crippen LogP contribution in [0.25, 0.3) is 11.1 Å². The fraction of sp³-hybridized carbons (Fsp3) is 0.231. The van der Waals surface area contributed by atoms with E-state index in [2.05, 4.69) is 17.1 Å². The molecule has 0 bridgehead atoms. The number of carbonyl (C=O) groups excluding carboxylic acids is 1. The van der Waals surface area contributed by atoms with Crippen molar-refractivity contribution in [2.75, 3.05) is 0 Å². The average molecular weight is 214 g/mol. The van der Waals surface area contributed by atoms with Gasteiger partial charge in [-0.1, -0.05) is 37.6 Å². The number of benzene rings is 1. The fourth-order valence-electron chi connectivity index (χ4n) is 1.74. The summed E-state index contributed by atoms with van der Waals surface area (Å²) in [4.78, 5) is 10.6. The Balaban J connectivity index is 2.34. The van der Waals surface area contributed by atoms with E-state index in [0.29, 0.717) is 5.56 Å². The molecule has 0 atom stereocenters. The molecule has 1 aromatic heterocycles. The molecule has 0 radical (unpaired) electrons. The Labute approximate surface area is 94.5 Å². The minimum atomic E-state index is 0.698. The summed E-state index contributed by atoms with van der Waals surface area (Å²) >= 11 is 0. The van der Waals surface area contributed by atoms with Crippen LogP contribution in [0.15, 0.2) is 30.5 Å². The summed E-state index contributed by atoms with van der Waals surface area (Å²) in [5.74, 6) is 0. The predicted octanol–water partition coefficient (Wildman–Crippen LogP) is 2.84. The third-order valence-electron chi connectivity index (χ3n) is 2.56. The minimum absolute atomic E-state index is 0.698. The summed E-state index contributed by atoms with van der Waals surface area (Å²) in [5, 5.41) is 7.12. The second kappa shape index (κ2) is 4.75. The van der Waals surface area contributed by atoms with Gasteiger partial charge in [0.05, 0.1) is 5.69 Å². The van der Waals surface area contributed by atoms with Crippen molar-refractivity contribution in [3.63, 3.8) is 0 Å². The largest absolute Gasteiger partial charge is 0.298 e. The molecule has 0 saturated carbocycles. The van der Waals surface area contributed by atoms with Gasteiger partial charge in [-0.2, -0.15) is 5.10 Å². The first kappa shape index (κ1) is 10.6. The molecule has 0 unspecified atom stereocenters. The zero-order valence-corrected chi connectivity index (χ0v) is 9.23. The molecule has 2 rings (SSSR count). The van der Waals surface area contributed by atoms with E-state index in [9.17, 15) is 4.79 Å². The summed E-state index contributed by atoms with van der Waals surface area (Å²) in [7, 11) is 0. The fourth-order valence-corrected chi connectivity index (χ4v) is 1.74. The van der Waals surface area contributed by atoms with Crippen molar-refractivity contribution in [1.82, 2.24) is 10.2 Å². The summed E-state index contributed by atoms with van der Waals surface area (Å²) in [6.07, 6.45) is 4.80. The Bertz CT molecular complexity index is 471. The highest BCUT2D eigenvalue weighted by Gasteiger charge is 2.06. The molecule has 82 valence electrons. The van der Waals surface area contributed by atoms with Crippen molar-refractivity contribution in [2.24, 2.45) is 0 Å². The lowest BCUT2D eigenvalue weighted by Crippen LogP contribution is -1.87. The van der Waals surface area contributed by atoms with Crippen LogP contribution in [0.4, 0.5) is 0 Å². The van der Waals surface area contributed by atoms with Crippen molar-refractivity contribution in [3.8, 4) is 11.1 Å². The smallest absolute Gasteiger partial charge is 0.150 e. The van der Waals surface area contributed by atoms with Gasteiger partial charge in [0.1, 0.15) is 6.29 Å². The highest BCUT2D eigenvalue weighted by Crippen LogP contribution is 2.22. The van der Waals surface area contributed by atoms with Crippen LogP contribution in [0, 0.1) is 0 Å². The monoisotopic (exact) mass is 214 g/mol. The lowest BCUT2D eigenvalue weighted by Gasteiger charge is -2.01. The van der Waals surface area contributed by atoms with Gasteiger partial charge in [-0.25, -0.2) is 0 Å². The van der Waals surface area contributed by atoms with Gasteiger partial charge in [0.15, 0.2) is 0 Å². The number of rotatable bonds is 4. The minimum Gasteiger partial charge on any atom is -0.298 e. The van der Waals surface area contributed by atoms with E-state index in [1.807, 2.05) is 30.5 Å². The first-order valence-corrected chi connectivity index (χ1v) is 5.43. The van der Waals surface area contributed by atoms with Gasteiger partial charge in [-0.15, -0.1) is 0 Å². The van der Waals surface area contributed by atoms with E-state index in [-0.39, 0.29) is 0 Å². The van der Waals surface area contributed by atoms with E-state index >= 15 is 0 Å². The zero-order valence-electron chi connectivity index (χ0n) is 9.23. The number of nitrogens with one attached hydrogen (secondary N) is 1. The maximum atomic E-state index is 10.6. The van der Waals surface area contributed by atoms with Crippen molar-refractivity contribution < 1.29 is 4.79 Å². The summed E-state index contributed by atoms with van der Waals surface area (Å²) < 4.78 is 0. The lowest BCUT2D eigenvalue weighted by molar-refractivity contribution is 0.112. The molecule has 0 aliphatic rings. The summed E-state index contributed by atoms with van der Waals surface area (Å²) in [5.41, 5.74) is 4.01. The molecule has 0 aliphatic heterocycles. The van der Waals surface area contributed by atoms with Crippen LogP contribution >= 0.6 is 0 Å². The number of hydrogen-bond donors (Lipinski definition) is 1. The van der Waals surface area contributed by atoms with E-state index in [1.165, 1.54) is 0 Å². The number of aromatic nitrogens is 2. The van der Waals surface area contributed by atoms with Gasteiger partial charge in [-0.3, -0.25) is 9.89 Å². The molecule has 2 aromatic rings. The molecule has 1 heterocycles. The van der Waals surface area contributed by atoms with Gasteiger partial charge >= 0.3 is 0 Å². The Hall–Kier alpha value is -1.90. The number of aromatic amines is 1. The molecule has 0 fully saturated rings. The van der Waals surface area contributed by atoms with Crippen LogP contribution in [0.3, 0.4) is 0 Å². The van der Waals surface area contributed by atoms with Crippen molar-refractivity contribution in [1.29, 1.82) is 0 Å². The SMILES string of the molecule is CCCc1n[nH]cc1-c1ccc(C=O)cc1. The van der Waals surface area contributed by atoms with Crippen LogP contribution in [0.2, 0.25) is 0 Å². The number of nitrogens with zero attached hydrogens (tertiary/aromatic N) is 1. The van der Waals surface area contributed by atoms with E-state index in [0.717, 1.165) is 35.9 Å². The first-order valence-electron chi connectivity index (χ1n) is 5.43. The number of carbonyl (C=O) groups is 1. The van der Waals surface area contributed by atoms with Crippen LogP contribution in [-0.4, -0.2) is 16.5 Å². The van der Waals surface area contributed by atoms with Crippen LogP contribution < -0.4 is 0 Å². The zero-order chi connectivity index (χ0) is 11.4. The third-order valence-corrected chi connectivity index (χ3v) is 2.56. The van der Waals surface area contributed by atoms with E-state index < -0.39 is 0 Å². The Morgan fingerprint density at radius 2 is 2.06 bits per heavy atom. The summed E-state index contributed by atoms with van der Waals surface area (Å²) in [6, 6.07) is 7.55. The Morgan fingerprint density at radius 1 is 1.31 bits per heavy atom. The molecule has 3 nitrogen and oxygen atoms in total. The third kappa shape index (κ3) is 2.03. The molecule has 0 amide bonds. The number of aldehydes is 1. The molecular formula is C13H14N2O. The van der Waals surface area contributed by atoms with Crippen molar-refractivity contribution >= 4 is 6.29 Å². The highest BCUT2D eigenvalue weighted by atomic mass is 16.1. The number of aryl methyl sites for hydroxylation is 1. The first-order chi connectivity index (χ1) is 7.85. The van der Waals surface area contributed by atoms with Gasteiger partial charge in [0, 0.05) is 17.3 Å². The van der Waals surface area contributed by atoms with Gasteiger partial charge in [-0.05, 0) is 12.0 Å². The molecule has 1 N–H and O–H groups in total. The maximum Gasteiger partial charge on any atom is 0.150 e. The van der Waals surface area contributed by atoms with Gasteiger partial charge in [0.25, 0.3) is 0 Å². The molecular weight excluding hydrogens is 200 g/mol. The Kier molecular flexibility index (Phi) is 3.15. The second-order valence-electron chi connectivity index (χ2n) is 3.74. The quantitative estimate of drug-likeness (QED) is 0.795. The predicted molar refractivity (Wildman–Crippen MR) is 63.4 cm³/mol. The standard InChI is InChI=1S/C13H14N2O/c1-2-3-13-12(8-14-15-13)11-6-4-10(9-16)5-7-11/h4-9H,2-3H2,1H3,(H,14,15).